The van der Waals surface area contributed by atoms with Gasteiger partial charge in [-0.15, -0.1) is 0 Å². The third-order valence-electron chi connectivity index (χ3n) is 3.00. The first-order valence-electron chi connectivity index (χ1n) is 6.97. The molecule has 0 spiro atoms. The number of carbonyl (C=O) groups is 2. The Morgan fingerprint density at radius 3 is 2.65 bits per heavy atom. The average Bonchev–Trinajstić information content (AvgIpc) is 2.36. The van der Waals surface area contributed by atoms with Crippen LogP contribution >= 0.6 is 0 Å². The van der Waals surface area contributed by atoms with Crippen LogP contribution in [0.3, 0.4) is 0 Å². The molecule has 0 saturated heterocycles. The van der Waals surface area contributed by atoms with Crippen LogP contribution < -0.4 is 10.1 Å². The first-order chi connectivity index (χ1) is 9.43. The molecule has 0 radical (unpaired) electrons. The SMILES string of the molecule is CCCC(C)NC(=O)COc1cc(C)ccc1C(C)=O. The Kier molecular flexibility index (Phi) is 6.22. The predicted molar refractivity (Wildman–Crippen MR) is 79.2 cm³/mol. The van der Waals surface area contributed by atoms with Crippen LogP contribution in [0.1, 0.15) is 49.5 Å². The van der Waals surface area contributed by atoms with E-state index < -0.39 is 0 Å². The highest BCUT2D eigenvalue weighted by atomic mass is 16.5. The van der Waals surface area contributed by atoms with Gasteiger partial charge in [-0.2, -0.15) is 0 Å². The normalized spacial score (nSPS) is 11.8. The summed E-state index contributed by atoms with van der Waals surface area (Å²) in [7, 11) is 0. The highest BCUT2D eigenvalue weighted by Crippen LogP contribution is 2.20. The molecule has 0 bridgehead atoms. The van der Waals surface area contributed by atoms with E-state index in [0.717, 1.165) is 18.4 Å². The highest BCUT2D eigenvalue weighted by Gasteiger charge is 2.11. The molecule has 20 heavy (non-hydrogen) atoms. The lowest BCUT2D eigenvalue weighted by atomic mass is 10.1. The van der Waals surface area contributed by atoms with E-state index in [-0.39, 0.29) is 24.3 Å². The second kappa shape index (κ2) is 7.68. The van der Waals surface area contributed by atoms with Crippen LogP contribution in [0.4, 0.5) is 0 Å². The summed E-state index contributed by atoms with van der Waals surface area (Å²) in [4.78, 5) is 23.3. The Bertz CT molecular complexity index is 483. The fourth-order valence-corrected chi connectivity index (χ4v) is 2.00. The molecular formula is C16H23NO3. The molecule has 4 heteroatoms. The van der Waals surface area contributed by atoms with E-state index in [1.54, 1.807) is 12.1 Å². The number of aryl methyl sites for hydroxylation is 1. The number of amides is 1. The van der Waals surface area contributed by atoms with Gasteiger partial charge in [0.1, 0.15) is 5.75 Å². The third kappa shape index (κ3) is 5.03. The fraction of sp³-hybridized carbons (Fsp3) is 0.500. The van der Waals surface area contributed by atoms with Crippen molar-refractivity contribution in [3.63, 3.8) is 0 Å². The van der Waals surface area contributed by atoms with Gasteiger partial charge in [-0.25, -0.2) is 0 Å². The Hall–Kier alpha value is -1.84. The maximum Gasteiger partial charge on any atom is 0.258 e. The summed E-state index contributed by atoms with van der Waals surface area (Å²) in [5, 5.41) is 2.87. The predicted octanol–water partition coefficient (Wildman–Crippen LogP) is 2.88. The van der Waals surface area contributed by atoms with E-state index in [0.29, 0.717) is 11.3 Å². The molecule has 0 fully saturated rings. The van der Waals surface area contributed by atoms with Crippen LogP contribution in [0, 0.1) is 6.92 Å². The summed E-state index contributed by atoms with van der Waals surface area (Å²) in [6.07, 6.45) is 1.96. The lowest BCUT2D eigenvalue weighted by molar-refractivity contribution is -0.123. The van der Waals surface area contributed by atoms with Gasteiger partial charge in [0.25, 0.3) is 5.91 Å². The van der Waals surface area contributed by atoms with Crippen LogP contribution in [0.25, 0.3) is 0 Å². The summed E-state index contributed by atoms with van der Waals surface area (Å²) in [6, 6.07) is 5.50. The minimum atomic E-state index is -0.165. The number of ketones is 1. The molecule has 110 valence electrons. The van der Waals surface area contributed by atoms with Gasteiger partial charge in [0.2, 0.25) is 0 Å². The lowest BCUT2D eigenvalue weighted by Crippen LogP contribution is -2.36. The van der Waals surface area contributed by atoms with E-state index in [9.17, 15) is 9.59 Å². The highest BCUT2D eigenvalue weighted by molar-refractivity contribution is 5.97. The molecule has 0 aliphatic heterocycles. The van der Waals surface area contributed by atoms with Crippen LogP contribution in [-0.4, -0.2) is 24.3 Å². The fourth-order valence-electron chi connectivity index (χ4n) is 2.00. The number of benzene rings is 1. The Labute approximate surface area is 120 Å². The second-order valence-corrected chi connectivity index (χ2v) is 5.10. The second-order valence-electron chi connectivity index (χ2n) is 5.10. The van der Waals surface area contributed by atoms with Gasteiger partial charge in [0.15, 0.2) is 12.4 Å². The lowest BCUT2D eigenvalue weighted by Gasteiger charge is -2.14. The number of carbonyl (C=O) groups excluding carboxylic acids is 2. The zero-order chi connectivity index (χ0) is 15.1. The van der Waals surface area contributed by atoms with Crippen molar-refractivity contribution in [2.45, 2.75) is 46.6 Å². The van der Waals surface area contributed by atoms with Crippen LogP contribution in [0.15, 0.2) is 18.2 Å². The molecule has 4 nitrogen and oxygen atoms in total. The molecule has 0 aromatic heterocycles. The summed E-state index contributed by atoms with van der Waals surface area (Å²) in [5.41, 5.74) is 1.50. The number of nitrogens with one attached hydrogen (secondary N) is 1. The molecule has 1 aromatic rings. The molecular weight excluding hydrogens is 254 g/mol. The topological polar surface area (TPSA) is 55.4 Å². The number of rotatable bonds is 7. The van der Waals surface area contributed by atoms with Crippen LogP contribution in [0.2, 0.25) is 0 Å². The van der Waals surface area contributed by atoms with Crippen molar-refractivity contribution in [1.82, 2.24) is 5.32 Å². The maximum absolute atomic E-state index is 11.7. The van der Waals surface area contributed by atoms with Crippen molar-refractivity contribution in [2.24, 2.45) is 0 Å². The van der Waals surface area contributed by atoms with Gasteiger partial charge in [0.05, 0.1) is 5.56 Å². The largest absolute Gasteiger partial charge is 0.483 e. The molecule has 0 saturated carbocycles. The van der Waals surface area contributed by atoms with E-state index in [2.05, 4.69) is 12.2 Å². The van der Waals surface area contributed by atoms with Gasteiger partial charge in [-0.05, 0) is 44.9 Å². The van der Waals surface area contributed by atoms with Crippen LogP contribution in [0.5, 0.6) is 5.75 Å². The van der Waals surface area contributed by atoms with E-state index >= 15 is 0 Å². The van der Waals surface area contributed by atoms with Crippen molar-refractivity contribution in [3.8, 4) is 5.75 Å². The molecule has 1 aromatic carbocycles. The Balaban J connectivity index is 2.63. The monoisotopic (exact) mass is 277 g/mol. The van der Waals surface area contributed by atoms with E-state index in [1.165, 1.54) is 6.92 Å². The van der Waals surface area contributed by atoms with E-state index in [4.69, 9.17) is 4.74 Å². The van der Waals surface area contributed by atoms with Gasteiger partial charge in [-0.1, -0.05) is 19.4 Å². The minimum Gasteiger partial charge on any atom is -0.483 e. The summed E-state index contributed by atoms with van der Waals surface area (Å²) in [6.45, 7) is 7.37. The molecule has 1 amide bonds. The molecule has 1 unspecified atom stereocenters. The van der Waals surface area contributed by atoms with Crippen molar-refractivity contribution >= 4 is 11.7 Å². The Morgan fingerprint density at radius 1 is 1.35 bits per heavy atom. The first-order valence-corrected chi connectivity index (χ1v) is 6.97. The smallest absolute Gasteiger partial charge is 0.258 e. The summed E-state index contributed by atoms with van der Waals surface area (Å²) in [5.74, 6) is 0.234. The van der Waals surface area contributed by atoms with Gasteiger partial charge in [0, 0.05) is 6.04 Å². The molecule has 0 aliphatic rings. The van der Waals surface area contributed by atoms with Crippen molar-refractivity contribution < 1.29 is 14.3 Å². The average molecular weight is 277 g/mol. The molecule has 0 aliphatic carbocycles. The summed E-state index contributed by atoms with van der Waals surface area (Å²) >= 11 is 0. The quantitative estimate of drug-likeness (QED) is 0.780. The molecule has 1 rings (SSSR count). The number of hydrogen-bond acceptors (Lipinski definition) is 3. The number of Topliss-reactive ketones (excluding diaryl/α,β-unsaturated/α-hetero) is 1. The van der Waals surface area contributed by atoms with Gasteiger partial charge in [-0.3, -0.25) is 9.59 Å². The number of hydrogen-bond donors (Lipinski definition) is 1. The van der Waals surface area contributed by atoms with Crippen LogP contribution in [-0.2, 0) is 4.79 Å². The zero-order valence-electron chi connectivity index (χ0n) is 12.7. The maximum atomic E-state index is 11.7. The van der Waals surface area contributed by atoms with Crippen molar-refractivity contribution in [2.75, 3.05) is 6.61 Å². The molecule has 1 atom stereocenters. The van der Waals surface area contributed by atoms with Gasteiger partial charge >= 0.3 is 0 Å². The summed E-state index contributed by atoms with van der Waals surface area (Å²) < 4.78 is 5.49. The standard InChI is InChI=1S/C16H23NO3/c1-5-6-12(3)17-16(19)10-20-15-9-11(2)7-8-14(15)13(4)18/h7-9,12H,5-6,10H2,1-4H3,(H,17,19). The molecule has 1 N–H and O–H groups in total. The molecule has 0 heterocycles. The number of ether oxygens (including phenoxy) is 1. The van der Waals surface area contributed by atoms with Crippen molar-refractivity contribution in [1.29, 1.82) is 0 Å². The Morgan fingerprint density at radius 2 is 2.05 bits per heavy atom. The zero-order valence-corrected chi connectivity index (χ0v) is 12.7. The minimum absolute atomic E-state index is 0.0697. The van der Waals surface area contributed by atoms with Gasteiger partial charge < -0.3 is 10.1 Å². The van der Waals surface area contributed by atoms with Crippen molar-refractivity contribution in [3.05, 3.63) is 29.3 Å². The third-order valence-corrected chi connectivity index (χ3v) is 3.00. The van der Waals surface area contributed by atoms with E-state index in [1.807, 2.05) is 19.9 Å². The first kappa shape index (κ1) is 16.2.